The first-order valence-electron chi connectivity index (χ1n) is 13.4. The van der Waals surface area contributed by atoms with Crippen LogP contribution in [0.1, 0.15) is 62.7 Å². The minimum Gasteiger partial charge on any atom is -0.488 e. The number of hydrogen-bond acceptors (Lipinski definition) is 9. The predicted octanol–water partition coefficient (Wildman–Crippen LogP) is 4.64. The number of likely N-dealkylation sites (tertiary alicyclic amines) is 1. The molecule has 1 aliphatic rings. The standard InChI is InChI=1S/C28H30ClFN8O4/c1-16-25(34-35-38(16)19-5-7-36(8-6-19)27(40)42-28(2,3)4)17-9-24(26-18(11-31)12-33-37(26)14-17)41-15-23(39)22-10-20(29)21(30)13-32-22/h9-10,12-14,19,23,39H,5-8,15H2,1-4H3. The molecule has 0 aromatic carbocycles. The summed E-state index contributed by atoms with van der Waals surface area (Å²) in [4.78, 5) is 18.1. The summed E-state index contributed by atoms with van der Waals surface area (Å²) in [6.07, 6.45) is 3.93. The molecule has 4 aromatic heterocycles. The fraction of sp³-hybridized carbons (Fsp3) is 0.429. The highest BCUT2D eigenvalue weighted by Gasteiger charge is 2.29. The number of hydrogen-bond donors (Lipinski definition) is 1. The first-order chi connectivity index (χ1) is 19.9. The summed E-state index contributed by atoms with van der Waals surface area (Å²) < 4.78 is 28.4. The zero-order chi connectivity index (χ0) is 30.2. The van der Waals surface area contributed by atoms with Gasteiger partial charge in [-0.25, -0.2) is 18.4 Å². The van der Waals surface area contributed by atoms with E-state index in [0.29, 0.717) is 42.7 Å². The van der Waals surface area contributed by atoms with Crippen LogP contribution >= 0.6 is 11.6 Å². The van der Waals surface area contributed by atoms with Crippen LogP contribution in [0.3, 0.4) is 0 Å². The van der Waals surface area contributed by atoms with E-state index in [9.17, 15) is 19.6 Å². The van der Waals surface area contributed by atoms with Gasteiger partial charge in [0.2, 0.25) is 0 Å². The molecule has 1 amide bonds. The number of carbonyl (C=O) groups excluding carboxylic acids is 1. The van der Waals surface area contributed by atoms with Crippen molar-refractivity contribution in [2.24, 2.45) is 0 Å². The number of nitrogens with zero attached hydrogens (tertiary/aromatic N) is 8. The second kappa shape index (κ2) is 11.5. The minimum atomic E-state index is -1.21. The lowest BCUT2D eigenvalue weighted by Gasteiger charge is -2.33. The highest BCUT2D eigenvalue weighted by molar-refractivity contribution is 6.30. The van der Waals surface area contributed by atoms with Gasteiger partial charge in [0.15, 0.2) is 5.82 Å². The fourth-order valence-electron chi connectivity index (χ4n) is 4.84. The highest BCUT2D eigenvalue weighted by Crippen LogP contribution is 2.33. The van der Waals surface area contributed by atoms with E-state index in [1.54, 1.807) is 17.2 Å². The molecule has 1 aliphatic heterocycles. The smallest absolute Gasteiger partial charge is 0.410 e. The Balaban J connectivity index is 1.37. The molecule has 1 fully saturated rings. The summed E-state index contributed by atoms with van der Waals surface area (Å²) in [7, 11) is 0. The molecule has 5 heterocycles. The Bertz CT molecular complexity index is 1670. The van der Waals surface area contributed by atoms with Crippen LogP contribution in [-0.2, 0) is 4.74 Å². The zero-order valence-corrected chi connectivity index (χ0v) is 24.3. The van der Waals surface area contributed by atoms with Gasteiger partial charge < -0.3 is 19.5 Å². The number of carbonyl (C=O) groups is 1. The van der Waals surface area contributed by atoms with Gasteiger partial charge in [-0.3, -0.25) is 4.98 Å². The van der Waals surface area contributed by atoms with E-state index in [1.807, 2.05) is 32.4 Å². The Hall–Kier alpha value is -4.28. The maximum Gasteiger partial charge on any atom is 0.410 e. The Morgan fingerprint density at radius 2 is 2.02 bits per heavy atom. The summed E-state index contributed by atoms with van der Waals surface area (Å²) in [5.74, 6) is -0.411. The largest absolute Gasteiger partial charge is 0.488 e. The molecule has 0 radical (unpaired) electrons. The number of piperidine rings is 1. The Labute approximate surface area is 246 Å². The van der Waals surface area contributed by atoms with E-state index in [-0.39, 0.29) is 40.8 Å². The lowest BCUT2D eigenvalue weighted by molar-refractivity contribution is 0.0183. The highest BCUT2D eigenvalue weighted by atomic mass is 35.5. The lowest BCUT2D eigenvalue weighted by atomic mass is 10.0. The Morgan fingerprint density at radius 1 is 1.29 bits per heavy atom. The van der Waals surface area contributed by atoms with Gasteiger partial charge >= 0.3 is 6.09 Å². The van der Waals surface area contributed by atoms with Crippen molar-refractivity contribution < 1.29 is 23.8 Å². The number of aliphatic hydroxyl groups is 1. The van der Waals surface area contributed by atoms with Crippen LogP contribution in [-0.4, -0.2) is 71.0 Å². The normalized spacial score (nSPS) is 15.0. The van der Waals surface area contributed by atoms with E-state index >= 15 is 0 Å². The van der Waals surface area contributed by atoms with Crippen molar-refractivity contribution in [1.29, 1.82) is 5.26 Å². The molecule has 220 valence electrons. The summed E-state index contributed by atoms with van der Waals surface area (Å²) in [6, 6.07) is 5.09. The van der Waals surface area contributed by atoms with Crippen LogP contribution in [0.5, 0.6) is 5.75 Å². The third kappa shape index (κ3) is 6.00. The summed E-state index contributed by atoms with van der Waals surface area (Å²) in [5.41, 5.74) is 2.33. The van der Waals surface area contributed by atoms with Crippen molar-refractivity contribution in [3.8, 4) is 23.1 Å². The third-order valence-corrected chi connectivity index (χ3v) is 7.22. The van der Waals surface area contributed by atoms with Gasteiger partial charge in [0, 0.05) is 24.8 Å². The summed E-state index contributed by atoms with van der Waals surface area (Å²) >= 11 is 5.83. The number of aliphatic hydroxyl groups excluding tert-OH is 1. The third-order valence-electron chi connectivity index (χ3n) is 6.93. The van der Waals surface area contributed by atoms with Gasteiger partial charge in [-0.1, -0.05) is 16.8 Å². The van der Waals surface area contributed by atoms with Crippen LogP contribution in [0.2, 0.25) is 5.02 Å². The molecule has 1 saturated heterocycles. The molecular weight excluding hydrogens is 567 g/mol. The van der Waals surface area contributed by atoms with Crippen LogP contribution in [0.25, 0.3) is 16.8 Å². The number of ether oxygens (including phenoxy) is 2. The average Bonchev–Trinajstić information content (AvgIpc) is 3.55. The van der Waals surface area contributed by atoms with Gasteiger partial charge in [-0.05, 0) is 52.7 Å². The van der Waals surface area contributed by atoms with Crippen LogP contribution in [0, 0.1) is 24.1 Å². The van der Waals surface area contributed by atoms with Crippen molar-refractivity contribution >= 4 is 23.2 Å². The molecule has 0 bridgehead atoms. The molecule has 0 saturated carbocycles. The van der Waals surface area contributed by atoms with Crippen molar-refractivity contribution in [3.05, 3.63) is 58.5 Å². The van der Waals surface area contributed by atoms with Crippen molar-refractivity contribution in [1.82, 2.24) is 34.5 Å². The SMILES string of the molecule is Cc1c(-c2cc(OCC(O)c3cc(Cl)c(F)cn3)c3c(C#N)cnn3c2)nnn1C1CCN(C(=O)OC(C)(C)C)CC1. The number of fused-ring (bicyclic) bond motifs is 1. The van der Waals surface area contributed by atoms with E-state index in [2.05, 4.69) is 26.5 Å². The monoisotopic (exact) mass is 596 g/mol. The molecule has 42 heavy (non-hydrogen) atoms. The molecule has 0 spiro atoms. The first kappa shape index (κ1) is 29.2. The predicted molar refractivity (Wildman–Crippen MR) is 149 cm³/mol. The van der Waals surface area contributed by atoms with E-state index in [0.717, 1.165) is 11.9 Å². The fourth-order valence-corrected chi connectivity index (χ4v) is 5.01. The molecule has 14 heteroatoms. The molecule has 1 atom stereocenters. The minimum absolute atomic E-state index is 0.0458. The number of amides is 1. The number of rotatable bonds is 6. The number of halogens is 2. The first-order valence-corrected chi connectivity index (χ1v) is 13.8. The van der Waals surface area contributed by atoms with E-state index in [1.165, 1.54) is 16.8 Å². The van der Waals surface area contributed by atoms with Crippen LogP contribution in [0.15, 0.2) is 30.7 Å². The van der Waals surface area contributed by atoms with Crippen molar-refractivity contribution in [2.75, 3.05) is 19.7 Å². The van der Waals surface area contributed by atoms with E-state index < -0.39 is 17.5 Å². The molecular formula is C28H30ClFN8O4. The molecule has 1 unspecified atom stereocenters. The quantitative estimate of drug-likeness (QED) is 0.336. The Morgan fingerprint density at radius 3 is 2.69 bits per heavy atom. The van der Waals surface area contributed by atoms with Crippen LogP contribution < -0.4 is 4.74 Å². The molecule has 4 aromatic rings. The van der Waals surface area contributed by atoms with Crippen molar-refractivity contribution in [3.63, 3.8) is 0 Å². The maximum absolute atomic E-state index is 13.5. The van der Waals surface area contributed by atoms with Gasteiger partial charge in [0.25, 0.3) is 0 Å². The molecule has 0 aliphatic carbocycles. The lowest BCUT2D eigenvalue weighted by Crippen LogP contribution is -2.42. The topological polar surface area (TPSA) is 144 Å². The number of pyridine rings is 2. The molecule has 1 N–H and O–H groups in total. The van der Waals surface area contributed by atoms with Gasteiger partial charge in [-0.2, -0.15) is 10.4 Å². The number of nitriles is 1. The van der Waals surface area contributed by atoms with Crippen molar-refractivity contribution in [2.45, 2.75) is 58.3 Å². The van der Waals surface area contributed by atoms with Crippen LogP contribution in [0.4, 0.5) is 9.18 Å². The average molecular weight is 597 g/mol. The van der Waals surface area contributed by atoms with Gasteiger partial charge in [0.05, 0.1) is 34.8 Å². The van der Waals surface area contributed by atoms with E-state index in [4.69, 9.17) is 21.1 Å². The van der Waals surface area contributed by atoms with Gasteiger partial charge in [-0.15, -0.1) is 5.10 Å². The summed E-state index contributed by atoms with van der Waals surface area (Å²) in [5, 5.41) is 33.2. The second-order valence-corrected chi connectivity index (χ2v) is 11.5. The van der Waals surface area contributed by atoms with Gasteiger partial charge in [0.1, 0.15) is 46.9 Å². The second-order valence-electron chi connectivity index (χ2n) is 11.1. The Kier molecular flexibility index (Phi) is 8.03. The molecule has 5 rings (SSSR count). The zero-order valence-electron chi connectivity index (χ0n) is 23.6. The summed E-state index contributed by atoms with van der Waals surface area (Å²) in [6.45, 7) is 8.28. The number of aromatic nitrogens is 6. The maximum atomic E-state index is 13.5. The molecule has 12 nitrogen and oxygen atoms in total.